The Kier molecular flexibility index (Phi) is 4.23. The van der Waals surface area contributed by atoms with Crippen LogP contribution in [-0.2, 0) is 30.1 Å². The highest BCUT2D eigenvalue weighted by Crippen LogP contribution is 2.29. The summed E-state index contributed by atoms with van der Waals surface area (Å²) in [7, 11) is 1.85. The first-order chi connectivity index (χ1) is 10.0. The lowest BCUT2D eigenvalue weighted by molar-refractivity contribution is -0.120. The van der Waals surface area contributed by atoms with Gasteiger partial charge in [-0.15, -0.1) is 0 Å². The van der Waals surface area contributed by atoms with E-state index in [1.807, 2.05) is 50.4 Å². The van der Waals surface area contributed by atoms with E-state index in [4.69, 9.17) is 0 Å². The van der Waals surface area contributed by atoms with E-state index in [2.05, 4.69) is 11.2 Å². The van der Waals surface area contributed by atoms with Crippen molar-refractivity contribution >= 4 is 5.78 Å². The Morgan fingerprint density at radius 1 is 1.38 bits per heavy atom. The third-order valence-electron chi connectivity index (χ3n) is 3.89. The molecule has 2 aromatic rings. The summed E-state index contributed by atoms with van der Waals surface area (Å²) in [6.07, 6.45) is 1.17. The van der Waals surface area contributed by atoms with E-state index in [1.165, 1.54) is 6.92 Å². The van der Waals surface area contributed by atoms with Gasteiger partial charge in [0.1, 0.15) is 5.41 Å². The van der Waals surface area contributed by atoms with Gasteiger partial charge in [-0.3, -0.25) is 9.48 Å². The number of benzene rings is 1. The van der Waals surface area contributed by atoms with Gasteiger partial charge in [0.2, 0.25) is 0 Å². The van der Waals surface area contributed by atoms with Gasteiger partial charge in [0.15, 0.2) is 5.78 Å². The van der Waals surface area contributed by atoms with Crippen molar-refractivity contribution < 1.29 is 4.79 Å². The van der Waals surface area contributed by atoms with Crippen LogP contribution in [0.1, 0.15) is 30.8 Å². The monoisotopic (exact) mass is 281 g/mol. The van der Waals surface area contributed by atoms with Crippen molar-refractivity contribution in [1.82, 2.24) is 9.78 Å². The van der Waals surface area contributed by atoms with Gasteiger partial charge in [-0.1, -0.05) is 37.3 Å². The number of nitriles is 1. The van der Waals surface area contributed by atoms with E-state index in [-0.39, 0.29) is 5.78 Å². The number of Topliss-reactive ketones (excluding diaryl/α,β-unsaturated/α-hetero) is 1. The van der Waals surface area contributed by atoms with Crippen molar-refractivity contribution in [2.45, 2.75) is 32.1 Å². The zero-order valence-electron chi connectivity index (χ0n) is 12.6. The average molecular weight is 281 g/mol. The molecule has 21 heavy (non-hydrogen) atoms. The molecule has 0 saturated heterocycles. The molecule has 0 aliphatic rings. The molecule has 4 nitrogen and oxygen atoms in total. The number of rotatable bonds is 5. The maximum absolute atomic E-state index is 12.2. The smallest absolute Gasteiger partial charge is 0.154 e. The van der Waals surface area contributed by atoms with Crippen LogP contribution < -0.4 is 0 Å². The lowest BCUT2D eigenvalue weighted by atomic mass is 9.75. The second-order valence-corrected chi connectivity index (χ2v) is 5.22. The lowest BCUT2D eigenvalue weighted by Gasteiger charge is -2.24. The molecule has 2 rings (SSSR count). The summed E-state index contributed by atoms with van der Waals surface area (Å²) in [6, 6.07) is 13.5. The molecule has 0 spiro atoms. The Bertz CT molecular complexity index is 682. The van der Waals surface area contributed by atoms with Gasteiger partial charge in [-0.25, -0.2) is 0 Å². The maximum atomic E-state index is 12.2. The van der Waals surface area contributed by atoms with Crippen LogP contribution in [0.5, 0.6) is 0 Å². The molecule has 0 aliphatic heterocycles. The normalized spacial score (nSPS) is 13.4. The van der Waals surface area contributed by atoms with Crippen molar-refractivity contribution in [1.29, 1.82) is 5.26 Å². The van der Waals surface area contributed by atoms with E-state index in [1.54, 1.807) is 4.68 Å². The first-order valence-corrected chi connectivity index (χ1v) is 7.03. The van der Waals surface area contributed by atoms with E-state index in [0.29, 0.717) is 6.42 Å². The van der Waals surface area contributed by atoms with Crippen LogP contribution in [0.25, 0.3) is 0 Å². The number of hydrogen-bond donors (Lipinski definition) is 0. The maximum Gasteiger partial charge on any atom is 0.154 e. The van der Waals surface area contributed by atoms with E-state index >= 15 is 0 Å². The number of aryl methyl sites for hydroxylation is 2. The zero-order chi connectivity index (χ0) is 15.5. The Morgan fingerprint density at radius 2 is 2.05 bits per heavy atom. The standard InChI is InChI=1S/C17H19N3O/c1-4-15-10-16(20(3)19-15)11-17(12-18,13(2)21)14-8-6-5-7-9-14/h5-10H,4,11H2,1-3H3. The largest absolute Gasteiger partial charge is 0.298 e. The van der Waals surface area contributed by atoms with Gasteiger partial charge >= 0.3 is 0 Å². The SMILES string of the molecule is CCc1cc(CC(C#N)(C(C)=O)c2ccccc2)n(C)n1. The summed E-state index contributed by atoms with van der Waals surface area (Å²) in [6.45, 7) is 3.51. The molecular weight excluding hydrogens is 262 g/mol. The van der Waals surface area contributed by atoms with Crippen LogP contribution in [0, 0.1) is 11.3 Å². The second kappa shape index (κ2) is 5.92. The van der Waals surface area contributed by atoms with Crippen LogP contribution in [0.2, 0.25) is 0 Å². The van der Waals surface area contributed by atoms with E-state index in [0.717, 1.165) is 23.4 Å². The molecule has 0 fully saturated rings. The molecule has 1 heterocycles. The molecule has 108 valence electrons. The Hall–Kier alpha value is -2.41. The minimum atomic E-state index is -1.15. The third kappa shape index (κ3) is 2.73. The average Bonchev–Trinajstić information content (AvgIpc) is 2.85. The van der Waals surface area contributed by atoms with Crippen molar-refractivity contribution in [2.75, 3.05) is 0 Å². The predicted octanol–water partition coefficient (Wildman–Crippen LogP) is 2.58. The molecule has 1 atom stereocenters. The number of hydrogen-bond acceptors (Lipinski definition) is 3. The summed E-state index contributed by atoms with van der Waals surface area (Å²) >= 11 is 0. The second-order valence-electron chi connectivity index (χ2n) is 5.22. The number of aromatic nitrogens is 2. The quantitative estimate of drug-likeness (QED) is 0.846. The highest BCUT2D eigenvalue weighted by atomic mass is 16.1. The summed E-state index contributed by atoms with van der Waals surface area (Å²) in [5.74, 6) is -0.143. The van der Waals surface area contributed by atoms with Crippen LogP contribution >= 0.6 is 0 Å². The number of ketones is 1. The summed E-state index contributed by atoms with van der Waals surface area (Å²) in [5.41, 5.74) is 1.45. The molecule has 0 N–H and O–H groups in total. The van der Waals surface area contributed by atoms with Gasteiger partial charge in [-0.05, 0) is 25.0 Å². The van der Waals surface area contributed by atoms with Crippen LogP contribution in [0.15, 0.2) is 36.4 Å². The minimum Gasteiger partial charge on any atom is -0.298 e. The van der Waals surface area contributed by atoms with Gasteiger partial charge in [0, 0.05) is 19.2 Å². The van der Waals surface area contributed by atoms with Crippen molar-refractivity contribution in [3.8, 4) is 6.07 Å². The summed E-state index contributed by atoms with van der Waals surface area (Å²) < 4.78 is 1.76. The fourth-order valence-electron chi connectivity index (χ4n) is 2.52. The highest BCUT2D eigenvalue weighted by molar-refractivity contribution is 5.91. The first-order valence-electron chi connectivity index (χ1n) is 7.03. The van der Waals surface area contributed by atoms with Gasteiger partial charge in [0.25, 0.3) is 0 Å². The molecule has 0 saturated carbocycles. The Labute approximate surface area is 125 Å². The Morgan fingerprint density at radius 3 is 2.52 bits per heavy atom. The molecule has 1 aromatic heterocycles. The lowest BCUT2D eigenvalue weighted by Crippen LogP contribution is -2.35. The molecule has 0 amide bonds. The molecule has 4 heteroatoms. The number of nitrogens with zero attached hydrogens (tertiary/aromatic N) is 3. The zero-order valence-corrected chi connectivity index (χ0v) is 12.6. The minimum absolute atomic E-state index is 0.143. The topological polar surface area (TPSA) is 58.7 Å². The predicted molar refractivity (Wildman–Crippen MR) is 80.7 cm³/mol. The molecule has 0 bridgehead atoms. The fraction of sp³-hybridized carbons (Fsp3) is 0.353. The third-order valence-corrected chi connectivity index (χ3v) is 3.89. The van der Waals surface area contributed by atoms with Crippen LogP contribution in [0.4, 0.5) is 0 Å². The van der Waals surface area contributed by atoms with E-state index < -0.39 is 5.41 Å². The molecule has 1 unspecified atom stereocenters. The Balaban J connectivity index is 2.49. The number of carbonyl (C=O) groups excluding carboxylic acids is 1. The van der Waals surface area contributed by atoms with Crippen LogP contribution in [-0.4, -0.2) is 15.6 Å². The van der Waals surface area contributed by atoms with Crippen molar-refractivity contribution in [2.24, 2.45) is 7.05 Å². The highest BCUT2D eigenvalue weighted by Gasteiger charge is 2.38. The number of carbonyl (C=O) groups is 1. The summed E-state index contributed by atoms with van der Waals surface area (Å²) in [4.78, 5) is 12.2. The van der Waals surface area contributed by atoms with Gasteiger partial charge in [-0.2, -0.15) is 10.4 Å². The van der Waals surface area contributed by atoms with E-state index in [9.17, 15) is 10.1 Å². The van der Waals surface area contributed by atoms with Gasteiger partial charge in [0.05, 0.1) is 11.8 Å². The molecule has 0 aliphatic carbocycles. The molecule has 0 radical (unpaired) electrons. The first kappa shape index (κ1) is 15.0. The van der Waals surface area contributed by atoms with Crippen molar-refractivity contribution in [3.63, 3.8) is 0 Å². The molecular formula is C17H19N3O. The summed E-state index contributed by atoms with van der Waals surface area (Å²) in [5, 5.41) is 14.1. The molecule has 1 aromatic carbocycles. The van der Waals surface area contributed by atoms with Crippen LogP contribution in [0.3, 0.4) is 0 Å². The van der Waals surface area contributed by atoms with Crippen molar-refractivity contribution in [3.05, 3.63) is 53.3 Å². The van der Waals surface area contributed by atoms with Gasteiger partial charge < -0.3 is 0 Å². The fourth-order valence-corrected chi connectivity index (χ4v) is 2.52.